The lowest BCUT2D eigenvalue weighted by molar-refractivity contribution is -0.143. The predicted molar refractivity (Wildman–Crippen MR) is 93.8 cm³/mol. The van der Waals surface area contributed by atoms with E-state index in [9.17, 15) is 22.4 Å². The number of pyridine rings is 1. The summed E-state index contributed by atoms with van der Waals surface area (Å²) in [4.78, 5) is 25.8. The van der Waals surface area contributed by atoms with Gasteiger partial charge in [-0.1, -0.05) is 0 Å². The van der Waals surface area contributed by atoms with Gasteiger partial charge in [-0.2, -0.15) is 13.2 Å². The lowest BCUT2D eigenvalue weighted by atomic mass is 10.0. The van der Waals surface area contributed by atoms with Crippen molar-refractivity contribution in [2.24, 2.45) is 0 Å². The molecule has 0 N–H and O–H groups in total. The van der Waals surface area contributed by atoms with Crippen LogP contribution in [0, 0.1) is 5.82 Å². The fraction of sp³-hybridized carbons (Fsp3) is 0.333. The molecule has 0 aliphatic carbocycles. The van der Waals surface area contributed by atoms with Crippen LogP contribution in [0.4, 0.5) is 17.6 Å². The average Bonchev–Trinajstić information content (AvgIpc) is 3.16. The summed E-state index contributed by atoms with van der Waals surface area (Å²) >= 11 is 0. The SMILES string of the molecule is O=C(c1ccnc(C(F)(F)F)c1F)N1[C@H]2COC[C@@H]1c1nnc(-c3ncccn3)n1C2. The highest BCUT2D eigenvalue weighted by molar-refractivity contribution is 5.95. The Labute approximate surface area is 171 Å². The zero-order valence-electron chi connectivity index (χ0n) is 15.6. The molecule has 1 amide bonds. The summed E-state index contributed by atoms with van der Waals surface area (Å²) in [6.07, 6.45) is -1.15. The first-order valence-corrected chi connectivity index (χ1v) is 9.19. The minimum Gasteiger partial charge on any atom is -0.377 e. The van der Waals surface area contributed by atoms with Gasteiger partial charge < -0.3 is 14.2 Å². The maximum absolute atomic E-state index is 14.6. The Hall–Kier alpha value is -3.48. The number of ether oxygens (including phenoxy) is 1. The van der Waals surface area contributed by atoms with E-state index in [2.05, 4.69) is 25.1 Å². The molecule has 9 nitrogen and oxygen atoms in total. The van der Waals surface area contributed by atoms with Crippen LogP contribution in [0.2, 0.25) is 0 Å². The maximum atomic E-state index is 14.6. The number of hydrogen-bond acceptors (Lipinski definition) is 7. The summed E-state index contributed by atoms with van der Waals surface area (Å²) in [6, 6.07) is 1.26. The van der Waals surface area contributed by atoms with Crippen LogP contribution in [0.15, 0.2) is 30.7 Å². The quantitative estimate of drug-likeness (QED) is 0.567. The highest BCUT2D eigenvalue weighted by Gasteiger charge is 2.46. The van der Waals surface area contributed by atoms with Crippen molar-refractivity contribution in [1.29, 1.82) is 0 Å². The summed E-state index contributed by atoms with van der Waals surface area (Å²) < 4.78 is 61.0. The first kappa shape index (κ1) is 19.5. The molecule has 1 saturated heterocycles. The number of nitrogens with zero attached hydrogens (tertiary/aromatic N) is 7. The number of halogens is 4. The van der Waals surface area contributed by atoms with Crippen molar-refractivity contribution in [2.75, 3.05) is 13.2 Å². The molecule has 2 atom stereocenters. The van der Waals surface area contributed by atoms with Crippen LogP contribution in [0.5, 0.6) is 0 Å². The third kappa shape index (κ3) is 3.12. The largest absolute Gasteiger partial charge is 0.436 e. The van der Waals surface area contributed by atoms with E-state index in [1.165, 1.54) is 4.90 Å². The van der Waals surface area contributed by atoms with Gasteiger partial charge in [0.1, 0.15) is 6.04 Å². The van der Waals surface area contributed by atoms with Crippen molar-refractivity contribution in [2.45, 2.75) is 24.8 Å². The Morgan fingerprint density at radius 2 is 1.87 bits per heavy atom. The van der Waals surface area contributed by atoms with Crippen LogP contribution in [0.25, 0.3) is 11.6 Å². The van der Waals surface area contributed by atoms with Crippen molar-refractivity contribution in [3.05, 3.63) is 53.6 Å². The first-order valence-electron chi connectivity index (χ1n) is 9.19. The monoisotopic (exact) mass is 435 g/mol. The van der Waals surface area contributed by atoms with Crippen LogP contribution in [-0.4, -0.2) is 59.8 Å². The Morgan fingerprint density at radius 1 is 1.10 bits per heavy atom. The van der Waals surface area contributed by atoms with Crippen LogP contribution in [0.3, 0.4) is 0 Å². The fourth-order valence-electron chi connectivity index (χ4n) is 3.86. The predicted octanol–water partition coefficient (Wildman–Crippen LogP) is 1.88. The Bertz CT molecular complexity index is 1150. The van der Waals surface area contributed by atoms with Gasteiger partial charge in [-0.05, 0) is 12.1 Å². The third-order valence-corrected chi connectivity index (χ3v) is 5.17. The molecule has 0 aromatic carbocycles. The molecule has 5 rings (SSSR count). The van der Waals surface area contributed by atoms with Crippen LogP contribution >= 0.6 is 0 Å². The molecule has 0 unspecified atom stereocenters. The Kier molecular flexibility index (Phi) is 4.43. The average molecular weight is 435 g/mol. The fourth-order valence-corrected chi connectivity index (χ4v) is 3.86. The number of rotatable bonds is 2. The first-order chi connectivity index (χ1) is 14.9. The molecule has 1 fully saturated rings. The van der Waals surface area contributed by atoms with Crippen LogP contribution < -0.4 is 0 Å². The summed E-state index contributed by atoms with van der Waals surface area (Å²) in [5, 5.41) is 8.25. The molecular formula is C18H13F4N7O2. The number of carbonyl (C=O) groups excluding carboxylic acids is 1. The molecule has 0 saturated carbocycles. The smallest absolute Gasteiger partial charge is 0.377 e. The van der Waals surface area contributed by atoms with Gasteiger partial charge in [0.15, 0.2) is 23.2 Å². The summed E-state index contributed by atoms with van der Waals surface area (Å²) in [6.45, 7) is 0.347. The van der Waals surface area contributed by atoms with Crippen molar-refractivity contribution < 1.29 is 27.1 Å². The second-order valence-corrected chi connectivity index (χ2v) is 7.00. The minimum absolute atomic E-state index is 0.0366. The molecule has 5 heterocycles. The van der Waals surface area contributed by atoms with E-state index in [4.69, 9.17) is 4.74 Å². The number of fused-ring (bicyclic) bond motifs is 4. The molecule has 0 radical (unpaired) electrons. The topological polar surface area (TPSA) is 98.9 Å². The van der Waals surface area contributed by atoms with E-state index in [0.29, 0.717) is 17.5 Å². The zero-order valence-corrected chi connectivity index (χ0v) is 15.6. The highest BCUT2D eigenvalue weighted by atomic mass is 19.4. The number of morpholine rings is 1. The van der Waals surface area contributed by atoms with Crippen LogP contribution in [-0.2, 0) is 17.5 Å². The van der Waals surface area contributed by atoms with Gasteiger partial charge in [0.2, 0.25) is 5.82 Å². The number of aromatic nitrogens is 6. The van der Waals surface area contributed by atoms with Crippen molar-refractivity contribution in [3.8, 4) is 11.6 Å². The van der Waals surface area contributed by atoms with E-state index in [-0.39, 0.29) is 19.8 Å². The second kappa shape index (κ2) is 7.04. The maximum Gasteiger partial charge on any atom is 0.436 e. The third-order valence-electron chi connectivity index (χ3n) is 5.17. The minimum atomic E-state index is -5.02. The van der Waals surface area contributed by atoms with Gasteiger partial charge >= 0.3 is 6.18 Å². The van der Waals surface area contributed by atoms with E-state index < -0.39 is 41.2 Å². The molecule has 3 aromatic rings. The van der Waals surface area contributed by atoms with Gasteiger partial charge in [0.25, 0.3) is 5.91 Å². The summed E-state index contributed by atoms with van der Waals surface area (Å²) in [7, 11) is 0. The van der Waals surface area contributed by atoms with Gasteiger partial charge in [0, 0.05) is 25.1 Å². The van der Waals surface area contributed by atoms with Crippen molar-refractivity contribution in [1.82, 2.24) is 34.6 Å². The number of alkyl halides is 3. The van der Waals surface area contributed by atoms with Gasteiger partial charge in [0.05, 0.1) is 24.8 Å². The van der Waals surface area contributed by atoms with E-state index in [1.54, 1.807) is 23.0 Å². The van der Waals surface area contributed by atoms with Gasteiger partial charge in [-0.15, -0.1) is 10.2 Å². The molecule has 2 aliphatic heterocycles. The molecule has 13 heteroatoms. The second-order valence-electron chi connectivity index (χ2n) is 7.00. The molecular weight excluding hydrogens is 422 g/mol. The normalized spacial score (nSPS) is 20.5. The van der Waals surface area contributed by atoms with Crippen LogP contribution in [0.1, 0.15) is 27.9 Å². The van der Waals surface area contributed by atoms with Gasteiger partial charge in [-0.3, -0.25) is 4.79 Å². The lowest BCUT2D eigenvalue weighted by Crippen LogP contribution is -2.56. The molecule has 3 aromatic heterocycles. The van der Waals surface area contributed by atoms with E-state index >= 15 is 0 Å². The van der Waals surface area contributed by atoms with E-state index in [0.717, 1.165) is 12.3 Å². The molecule has 2 bridgehead atoms. The number of amides is 1. The van der Waals surface area contributed by atoms with Gasteiger partial charge in [-0.25, -0.2) is 19.3 Å². The lowest BCUT2D eigenvalue weighted by Gasteiger charge is -2.45. The molecule has 0 spiro atoms. The highest BCUT2D eigenvalue weighted by Crippen LogP contribution is 2.37. The summed E-state index contributed by atoms with van der Waals surface area (Å²) in [5.74, 6) is -1.50. The Balaban J connectivity index is 1.55. The standard InChI is InChI=1S/C18H13F4N7O2/c19-12-10(2-5-23-13(12)18(20,21)22)17(30)29-9-6-28-15(11(29)8-31-7-9)26-27-16(28)14-24-3-1-4-25-14/h1-5,9,11H,6-8H2/t9-,11-/m1/s1. The molecule has 31 heavy (non-hydrogen) atoms. The van der Waals surface area contributed by atoms with Crippen molar-refractivity contribution in [3.63, 3.8) is 0 Å². The number of carbonyl (C=O) groups is 1. The number of hydrogen-bond donors (Lipinski definition) is 0. The molecule has 160 valence electrons. The Morgan fingerprint density at radius 3 is 2.61 bits per heavy atom. The van der Waals surface area contributed by atoms with Crippen molar-refractivity contribution >= 4 is 5.91 Å². The summed E-state index contributed by atoms with van der Waals surface area (Å²) in [5.41, 5.74) is -2.44. The zero-order chi connectivity index (χ0) is 21.8. The molecule has 2 aliphatic rings. The van der Waals surface area contributed by atoms with E-state index in [1.807, 2.05) is 0 Å².